The van der Waals surface area contributed by atoms with Crippen LogP contribution in [0.5, 0.6) is 0 Å². The van der Waals surface area contributed by atoms with Gasteiger partial charge in [0.05, 0.1) is 12.2 Å². The minimum absolute atomic E-state index is 0.266. The smallest absolute Gasteiger partial charge is 0.303 e. The SMILES string of the molecule is CN(C)Cc1nccn1-c1ccc(N2CCCN(NCc3cccc(Cl)c3)C2=O)c(F)c1. The number of imidazole rings is 1. The zero-order valence-electron chi connectivity index (χ0n) is 18.1. The molecule has 2 amide bonds. The fourth-order valence-corrected chi connectivity index (χ4v) is 3.97. The van der Waals surface area contributed by atoms with Gasteiger partial charge in [0, 0.05) is 48.8 Å². The molecule has 0 aliphatic carbocycles. The van der Waals surface area contributed by atoms with E-state index in [1.807, 2.05) is 47.8 Å². The number of rotatable bonds is 7. The van der Waals surface area contributed by atoms with E-state index in [1.54, 1.807) is 24.5 Å². The maximum atomic E-state index is 15.1. The first-order chi connectivity index (χ1) is 15.4. The highest BCUT2D eigenvalue weighted by molar-refractivity contribution is 6.30. The fraction of sp³-hybridized carbons (Fsp3) is 0.304. The van der Waals surface area contributed by atoms with E-state index < -0.39 is 5.82 Å². The lowest BCUT2D eigenvalue weighted by Gasteiger charge is -2.36. The lowest BCUT2D eigenvalue weighted by Crippen LogP contribution is -2.55. The number of benzene rings is 2. The van der Waals surface area contributed by atoms with Gasteiger partial charge in [-0.2, -0.15) is 0 Å². The lowest BCUT2D eigenvalue weighted by atomic mass is 10.2. The van der Waals surface area contributed by atoms with Gasteiger partial charge >= 0.3 is 6.03 Å². The molecule has 0 bridgehead atoms. The van der Waals surface area contributed by atoms with E-state index in [0.29, 0.717) is 36.9 Å². The Hall–Kier alpha value is -2.94. The van der Waals surface area contributed by atoms with Crippen LogP contribution in [0.3, 0.4) is 0 Å². The van der Waals surface area contributed by atoms with E-state index >= 15 is 4.39 Å². The average molecular weight is 457 g/mol. The second kappa shape index (κ2) is 9.68. The third-order valence-electron chi connectivity index (χ3n) is 5.26. The number of carbonyl (C=O) groups is 1. The summed E-state index contributed by atoms with van der Waals surface area (Å²) in [5.74, 6) is 0.365. The molecule has 7 nitrogen and oxygen atoms in total. The second-order valence-electron chi connectivity index (χ2n) is 7.99. The standard InChI is InChI=1S/C23H26ClFN6O/c1-28(2)16-22-26-9-12-29(22)19-7-8-21(20(25)14-19)30-10-4-11-31(23(30)32)27-15-17-5-3-6-18(24)13-17/h3,5-9,12-14,27H,4,10-11,15-16H2,1-2H3. The summed E-state index contributed by atoms with van der Waals surface area (Å²) in [4.78, 5) is 20.9. The van der Waals surface area contributed by atoms with E-state index in [2.05, 4.69) is 10.4 Å². The zero-order chi connectivity index (χ0) is 22.7. The van der Waals surface area contributed by atoms with Crippen molar-refractivity contribution in [3.8, 4) is 5.69 Å². The van der Waals surface area contributed by atoms with Crippen molar-refractivity contribution in [2.24, 2.45) is 0 Å². The molecule has 0 atom stereocenters. The molecule has 0 radical (unpaired) electrons. The van der Waals surface area contributed by atoms with Crippen LogP contribution in [0, 0.1) is 5.82 Å². The number of urea groups is 1. The lowest BCUT2D eigenvalue weighted by molar-refractivity contribution is 0.164. The van der Waals surface area contributed by atoms with Gasteiger partial charge in [0.2, 0.25) is 0 Å². The molecule has 2 heterocycles. The molecule has 4 rings (SSSR count). The summed E-state index contributed by atoms with van der Waals surface area (Å²) in [6, 6.07) is 12.1. The first-order valence-corrected chi connectivity index (χ1v) is 10.8. The molecule has 0 unspecified atom stereocenters. The zero-order valence-corrected chi connectivity index (χ0v) is 18.9. The number of carbonyl (C=O) groups excluding carboxylic acids is 1. The molecule has 1 saturated heterocycles. The molecule has 9 heteroatoms. The Morgan fingerprint density at radius 3 is 2.78 bits per heavy atom. The van der Waals surface area contributed by atoms with E-state index in [1.165, 1.54) is 16.0 Å². The Bertz CT molecular complexity index is 1100. The normalized spacial score (nSPS) is 14.5. The van der Waals surface area contributed by atoms with Crippen molar-refractivity contribution in [1.82, 2.24) is 24.9 Å². The summed E-state index contributed by atoms with van der Waals surface area (Å²) in [7, 11) is 3.91. The number of nitrogens with one attached hydrogen (secondary N) is 1. The molecule has 1 aliphatic rings. The van der Waals surface area contributed by atoms with Crippen LogP contribution in [0.25, 0.3) is 5.69 Å². The predicted molar refractivity (Wildman–Crippen MR) is 123 cm³/mol. The molecular formula is C23H26ClFN6O. The number of halogens is 2. The molecule has 3 aromatic rings. The van der Waals surface area contributed by atoms with Gasteiger partial charge in [-0.05, 0) is 50.3 Å². The first kappa shape index (κ1) is 22.3. The van der Waals surface area contributed by atoms with Crippen LogP contribution in [-0.2, 0) is 13.1 Å². The highest BCUT2D eigenvalue weighted by atomic mass is 35.5. The molecule has 1 aromatic heterocycles. The monoisotopic (exact) mass is 456 g/mol. The summed E-state index contributed by atoms with van der Waals surface area (Å²) in [5, 5.41) is 2.17. The minimum atomic E-state index is -0.447. The number of hydrogen-bond donors (Lipinski definition) is 1. The van der Waals surface area contributed by atoms with Gasteiger partial charge in [0.25, 0.3) is 0 Å². The Balaban J connectivity index is 1.49. The van der Waals surface area contributed by atoms with Crippen LogP contribution in [0.2, 0.25) is 5.02 Å². The van der Waals surface area contributed by atoms with E-state index in [9.17, 15) is 4.79 Å². The maximum Gasteiger partial charge on any atom is 0.338 e. The van der Waals surface area contributed by atoms with Gasteiger partial charge in [0.1, 0.15) is 11.6 Å². The van der Waals surface area contributed by atoms with E-state index in [4.69, 9.17) is 11.6 Å². The summed E-state index contributed by atoms with van der Waals surface area (Å²) in [6.07, 6.45) is 4.23. The fourth-order valence-electron chi connectivity index (χ4n) is 3.76. The summed E-state index contributed by atoms with van der Waals surface area (Å²) >= 11 is 6.03. The molecule has 0 spiro atoms. The van der Waals surface area contributed by atoms with Crippen molar-refractivity contribution in [2.75, 3.05) is 32.1 Å². The van der Waals surface area contributed by atoms with Crippen molar-refractivity contribution >= 4 is 23.3 Å². The van der Waals surface area contributed by atoms with Crippen molar-refractivity contribution in [2.45, 2.75) is 19.5 Å². The van der Waals surface area contributed by atoms with E-state index in [-0.39, 0.29) is 11.7 Å². The molecule has 168 valence electrons. The van der Waals surface area contributed by atoms with Gasteiger partial charge < -0.3 is 9.47 Å². The van der Waals surface area contributed by atoms with Crippen LogP contribution in [0.1, 0.15) is 17.8 Å². The third kappa shape index (κ3) is 4.93. The van der Waals surface area contributed by atoms with Gasteiger partial charge in [-0.3, -0.25) is 9.91 Å². The highest BCUT2D eigenvalue weighted by Gasteiger charge is 2.28. The second-order valence-corrected chi connectivity index (χ2v) is 8.43. The van der Waals surface area contributed by atoms with Gasteiger partial charge in [-0.25, -0.2) is 19.6 Å². The summed E-state index contributed by atoms with van der Waals surface area (Å²) < 4.78 is 17.0. The van der Waals surface area contributed by atoms with Crippen molar-refractivity contribution in [3.63, 3.8) is 0 Å². The van der Waals surface area contributed by atoms with Gasteiger partial charge in [0.15, 0.2) is 0 Å². The minimum Gasteiger partial charge on any atom is -0.303 e. The molecule has 1 fully saturated rings. The van der Waals surface area contributed by atoms with Crippen LogP contribution in [0.15, 0.2) is 54.9 Å². The Morgan fingerprint density at radius 2 is 2.03 bits per heavy atom. The van der Waals surface area contributed by atoms with Crippen molar-refractivity contribution < 1.29 is 9.18 Å². The number of anilines is 1. The van der Waals surface area contributed by atoms with Crippen molar-refractivity contribution in [3.05, 3.63) is 77.1 Å². The third-order valence-corrected chi connectivity index (χ3v) is 5.50. The number of hydrazine groups is 1. The topological polar surface area (TPSA) is 56.6 Å². The average Bonchev–Trinajstić information content (AvgIpc) is 3.21. The number of amides is 2. The largest absolute Gasteiger partial charge is 0.338 e. The predicted octanol–water partition coefficient (Wildman–Crippen LogP) is 4.06. The van der Waals surface area contributed by atoms with Crippen LogP contribution in [0.4, 0.5) is 14.9 Å². The molecular weight excluding hydrogens is 431 g/mol. The van der Waals surface area contributed by atoms with E-state index in [0.717, 1.165) is 17.8 Å². The Labute approximate surface area is 192 Å². The molecule has 1 N–H and O–H groups in total. The molecule has 0 saturated carbocycles. The quantitative estimate of drug-likeness (QED) is 0.582. The van der Waals surface area contributed by atoms with Crippen LogP contribution >= 0.6 is 11.6 Å². The number of nitrogens with zero attached hydrogens (tertiary/aromatic N) is 5. The Kier molecular flexibility index (Phi) is 6.74. The summed E-state index contributed by atoms with van der Waals surface area (Å²) in [5.41, 5.74) is 5.04. The van der Waals surface area contributed by atoms with Crippen LogP contribution in [-0.4, -0.2) is 52.7 Å². The summed E-state index contributed by atoms with van der Waals surface area (Å²) in [6.45, 7) is 2.10. The van der Waals surface area contributed by atoms with Gasteiger partial charge in [-0.15, -0.1) is 0 Å². The van der Waals surface area contributed by atoms with Gasteiger partial charge in [-0.1, -0.05) is 23.7 Å². The highest BCUT2D eigenvalue weighted by Crippen LogP contribution is 2.26. The molecule has 32 heavy (non-hydrogen) atoms. The first-order valence-electron chi connectivity index (χ1n) is 10.5. The maximum absolute atomic E-state index is 15.1. The molecule has 2 aromatic carbocycles. The van der Waals surface area contributed by atoms with Crippen molar-refractivity contribution in [1.29, 1.82) is 0 Å². The van der Waals surface area contributed by atoms with Crippen LogP contribution < -0.4 is 10.3 Å². The number of aromatic nitrogens is 2. The number of hydrogen-bond acceptors (Lipinski definition) is 4. The molecule has 1 aliphatic heterocycles. The Morgan fingerprint density at radius 1 is 1.19 bits per heavy atom.